The number of nitrogens with two attached hydrogens (primary N) is 1. The maximum absolute atomic E-state index is 11.8. The molecule has 0 aliphatic carbocycles. The lowest BCUT2D eigenvalue weighted by molar-refractivity contribution is -0.116. The monoisotopic (exact) mass is 265 g/mol. The average molecular weight is 265 g/mol. The summed E-state index contributed by atoms with van der Waals surface area (Å²) in [5.74, 6) is 2.43. The minimum atomic E-state index is 0.0676. The van der Waals surface area contributed by atoms with E-state index >= 15 is 0 Å². The second-order valence-electron chi connectivity index (χ2n) is 4.37. The molecule has 0 radical (unpaired) electrons. The van der Waals surface area contributed by atoms with E-state index < -0.39 is 0 Å². The predicted octanol–water partition coefficient (Wildman–Crippen LogP) is 1.65. The standard InChI is InChI=1S/C13H19N3OS/c14-11-1-3-12(4-2-11)15-13(17)5-6-16-7-9-18-10-8-16/h1-4H,5-10,14H2,(H,15,17). The highest BCUT2D eigenvalue weighted by atomic mass is 32.2. The fourth-order valence-corrected chi connectivity index (χ4v) is 2.85. The number of hydrogen-bond donors (Lipinski definition) is 2. The van der Waals surface area contributed by atoms with E-state index in [0.29, 0.717) is 12.1 Å². The Bertz CT molecular complexity index is 388. The number of benzene rings is 1. The van der Waals surface area contributed by atoms with Gasteiger partial charge in [0.2, 0.25) is 5.91 Å². The van der Waals surface area contributed by atoms with Crippen LogP contribution < -0.4 is 11.1 Å². The first-order chi connectivity index (χ1) is 8.74. The van der Waals surface area contributed by atoms with Crippen LogP contribution in [0.2, 0.25) is 0 Å². The van der Waals surface area contributed by atoms with E-state index in [0.717, 1.165) is 25.3 Å². The van der Waals surface area contributed by atoms with Gasteiger partial charge in [-0.2, -0.15) is 11.8 Å². The minimum absolute atomic E-state index is 0.0676. The van der Waals surface area contributed by atoms with Gasteiger partial charge < -0.3 is 16.0 Å². The van der Waals surface area contributed by atoms with E-state index in [-0.39, 0.29) is 5.91 Å². The third-order valence-corrected chi connectivity index (χ3v) is 3.90. The number of nitrogens with one attached hydrogen (secondary N) is 1. The lowest BCUT2D eigenvalue weighted by atomic mass is 10.2. The number of nitrogens with zero attached hydrogens (tertiary/aromatic N) is 1. The fraction of sp³-hybridized carbons (Fsp3) is 0.462. The summed E-state index contributed by atoms with van der Waals surface area (Å²) in [4.78, 5) is 14.1. The van der Waals surface area contributed by atoms with Crippen molar-refractivity contribution in [1.29, 1.82) is 0 Å². The van der Waals surface area contributed by atoms with Crippen molar-refractivity contribution in [3.05, 3.63) is 24.3 Å². The SMILES string of the molecule is Nc1ccc(NC(=O)CCN2CCSCC2)cc1. The second-order valence-corrected chi connectivity index (χ2v) is 5.60. The molecule has 1 amide bonds. The van der Waals surface area contributed by atoms with Crippen molar-refractivity contribution in [2.75, 3.05) is 42.2 Å². The average Bonchev–Trinajstić information content (AvgIpc) is 2.40. The van der Waals surface area contributed by atoms with Crippen LogP contribution in [0.25, 0.3) is 0 Å². The van der Waals surface area contributed by atoms with Crippen LogP contribution in [0, 0.1) is 0 Å². The van der Waals surface area contributed by atoms with Crippen LogP contribution in [0.1, 0.15) is 6.42 Å². The quantitative estimate of drug-likeness (QED) is 0.813. The molecular weight excluding hydrogens is 246 g/mol. The van der Waals surface area contributed by atoms with Crippen molar-refractivity contribution < 1.29 is 4.79 Å². The summed E-state index contributed by atoms with van der Waals surface area (Å²) in [6, 6.07) is 7.23. The highest BCUT2D eigenvalue weighted by Gasteiger charge is 2.11. The molecule has 1 aromatic carbocycles. The zero-order valence-electron chi connectivity index (χ0n) is 10.4. The normalized spacial score (nSPS) is 16.4. The summed E-state index contributed by atoms with van der Waals surface area (Å²) in [6.07, 6.45) is 0.551. The van der Waals surface area contributed by atoms with Gasteiger partial charge in [0.25, 0.3) is 0 Å². The Morgan fingerprint density at radius 2 is 1.94 bits per heavy atom. The topological polar surface area (TPSA) is 58.4 Å². The lowest BCUT2D eigenvalue weighted by Gasteiger charge is -2.25. The van der Waals surface area contributed by atoms with Crippen LogP contribution in [0.5, 0.6) is 0 Å². The molecule has 0 spiro atoms. The number of thioether (sulfide) groups is 1. The van der Waals surface area contributed by atoms with Crippen LogP contribution in [-0.4, -0.2) is 41.9 Å². The van der Waals surface area contributed by atoms with Crippen molar-refractivity contribution in [2.45, 2.75) is 6.42 Å². The second kappa shape index (κ2) is 6.66. The maximum atomic E-state index is 11.8. The zero-order valence-corrected chi connectivity index (χ0v) is 11.2. The van der Waals surface area contributed by atoms with E-state index in [1.165, 1.54) is 11.5 Å². The molecule has 1 aromatic rings. The Balaban J connectivity index is 1.73. The molecule has 1 aliphatic rings. The summed E-state index contributed by atoms with van der Waals surface area (Å²) in [6.45, 7) is 3.04. The molecular formula is C13H19N3OS. The summed E-state index contributed by atoms with van der Waals surface area (Å²) < 4.78 is 0. The summed E-state index contributed by atoms with van der Waals surface area (Å²) >= 11 is 1.98. The molecule has 0 aromatic heterocycles. The fourth-order valence-electron chi connectivity index (χ4n) is 1.87. The van der Waals surface area contributed by atoms with Gasteiger partial charge in [-0.1, -0.05) is 0 Å². The van der Waals surface area contributed by atoms with Gasteiger partial charge in [-0.05, 0) is 24.3 Å². The minimum Gasteiger partial charge on any atom is -0.399 e. The Hall–Kier alpha value is -1.20. The van der Waals surface area contributed by atoms with Crippen molar-refractivity contribution in [3.63, 3.8) is 0 Å². The number of rotatable bonds is 4. The number of hydrogen-bond acceptors (Lipinski definition) is 4. The molecule has 0 saturated carbocycles. The van der Waals surface area contributed by atoms with E-state index in [1.807, 2.05) is 23.9 Å². The van der Waals surface area contributed by atoms with Crippen LogP contribution in [0.4, 0.5) is 11.4 Å². The number of carbonyl (C=O) groups is 1. The van der Waals surface area contributed by atoms with Crippen molar-refractivity contribution in [1.82, 2.24) is 4.90 Å². The number of nitrogen functional groups attached to an aromatic ring is 1. The molecule has 2 rings (SSSR count). The van der Waals surface area contributed by atoms with E-state index in [2.05, 4.69) is 10.2 Å². The zero-order chi connectivity index (χ0) is 12.8. The van der Waals surface area contributed by atoms with Crippen molar-refractivity contribution in [3.8, 4) is 0 Å². The van der Waals surface area contributed by atoms with Crippen LogP contribution in [0.15, 0.2) is 24.3 Å². The first kappa shape index (κ1) is 13.2. The molecule has 3 N–H and O–H groups in total. The maximum Gasteiger partial charge on any atom is 0.225 e. The Kier molecular flexibility index (Phi) is 4.90. The van der Waals surface area contributed by atoms with E-state index in [1.54, 1.807) is 12.1 Å². The third-order valence-electron chi connectivity index (χ3n) is 2.95. The molecule has 0 bridgehead atoms. The first-order valence-corrected chi connectivity index (χ1v) is 7.35. The van der Waals surface area contributed by atoms with Gasteiger partial charge in [-0.25, -0.2) is 0 Å². The molecule has 4 nitrogen and oxygen atoms in total. The molecule has 0 atom stereocenters. The van der Waals surface area contributed by atoms with Gasteiger partial charge in [-0.3, -0.25) is 4.79 Å². The lowest BCUT2D eigenvalue weighted by Crippen LogP contribution is -2.34. The largest absolute Gasteiger partial charge is 0.399 e. The number of carbonyl (C=O) groups excluding carboxylic acids is 1. The predicted molar refractivity (Wildman–Crippen MR) is 77.9 cm³/mol. The van der Waals surface area contributed by atoms with E-state index in [4.69, 9.17) is 5.73 Å². The van der Waals surface area contributed by atoms with E-state index in [9.17, 15) is 4.79 Å². The molecule has 98 valence electrons. The van der Waals surface area contributed by atoms with Gasteiger partial charge in [0.05, 0.1) is 0 Å². The Morgan fingerprint density at radius 1 is 1.28 bits per heavy atom. The number of anilines is 2. The highest BCUT2D eigenvalue weighted by Crippen LogP contribution is 2.12. The highest BCUT2D eigenvalue weighted by molar-refractivity contribution is 7.99. The molecule has 1 saturated heterocycles. The van der Waals surface area contributed by atoms with Crippen LogP contribution in [-0.2, 0) is 4.79 Å². The molecule has 1 fully saturated rings. The van der Waals surface area contributed by atoms with Gasteiger partial charge in [0.1, 0.15) is 0 Å². The van der Waals surface area contributed by atoms with Crippen LogP contribution in [0.3, 0.4) is 0 Å². The van der Waals surface area contributed by atoms with Gasteiger partial charge in [-0.15, -0.1) is 0 Å². The summed E-state index contributed by atoms with van der Waals surface area (Å²) in [5.41, 5.74) is 7.11. The molecule has 1 aliphatic heterocycles. The smallest absolute Gasteiger partial charge is 0.225 e. The third kappa shape index (κ3) is 4.23. The van der Waals surface area contributed by atoms with Gasteiger partial charge >= 0.3 is 0 Å². The molecule has 5 heteroatoms. The molecule has 18 heavy (non-hydrogen) atoms. The van der Waals surface area contributed by atoms with Gasteiger partial charge in [0, 0.05) is 48.9 Å². The number of amides is 1. The first-order valence-electron chi connectivity index (χ1n) is 6.19. The van der Waals surface area contributed by atoms with Crippen molar-refractivity contribution in [2.24, 2.45) is 0 Å². The molecule has 0 unspecified atom stereocenters. The van der Waals surface area contributed by atoms with Crippen LogP contribution >= 0.6 is 11.8 Å². The Labute approximate surface area is 112 Å². The summed E-state index contributed by atoms with van der Waals surface area (Å²) in [7, 11) is 0. The van der Waals surface area contributed by atoms with Gasteiger partial charge in [0.15, 0.2) is 0 Å². The Morgan fingerprint density at radius 3 is 2.61 bits per heavy atom. The summed E-state index contributed by atoms with van der Waals surface area (Å²) in [5, 5.41) is 2.88. The molecule has 1 heterocycles. The van der Waals surface area contributed by atoms with Crippen molar-refractivity contribution >= 4 is 29.0 Å².